The quantitative estimate of drug-likeness (QED) is 0.465. The van der Waals surface area contributed by atoms with Gasteiger partial charge in [-0.15, -0.1) is 0 Å². The normalized spacial score (nSPS) is 14.8. The predicted octanol–water partition coefficient (Wildman–Crippen LogP) is 5.83. The lowest BCUT2D eigenvalue weighted by atomic mass is 10.1. The Balaban J connectivity index is 1.57. The smallest absolute Gasteiger partial charge is 0.390 e. The molecule has 3 aromatic carbocycles. The largest absolute Gasteiger partial charge is 0.416 e. The molecule has 0 saturated heterocycles. The molecule has 0 aliphatic carbocycles. The van der Waals surface area contributed by atoms with Gasteiger partial charge in [0.1, 0.15) is 6.61 Å². The fraction of sp³-hybridized carbons (Fsp3) is 0.130. The summed E-state index contributed by atoms with van der Waals surface area (Å²) in [4.78, 5) is 19.8. The molecule has 0 saturated carbocycles. The highest BCUT2D eigenvalue weighted by Crippen LogP contribution is 2.33. The number of alkyl halides is 3. The molecule has 0 aromatic heterocycles. The number of hydrogen-bond donors (Lipinski definition) is 0. The number of hydrogen-bond acceptors (Lipinski definition) is 3. The van der Waals surface area contributed by atoms with E-state index in [4.69, 9.17) is 16.4 Å². The Morgan fingerprint density at radius 1 is 0.935 bits per heavy atom. The summed E-state index contributed by atoms with van der Waals surface area (Å²) in [7, 11) is 0. The number of oxime groups is 1. The summed E-state index contributed by atoms with van der Waals surface area (Å²) in [6.07, 6.45) is -4.45. The number of para-hydroxylation sites is 1. The van der Waals surface area contributed by atoms with Gasteiger partial charge in [-0.25, -0.2) is 0 Å². The molecule has 3 aromatic rings. The molecular weight excluding hydrogens is 429 g/mol. The number of carbonyl (C=O) groups is 1. The third kappa shape index (κ3) is 4.56. The van der Waals surface area contributed by atoms with Crippen LogP contribution in [0.1, 0.15) is 22.3 Å². The fourth-order valence-electron chi connectivity index (χ4n) is 3.29. The number of nitrogens with zero attached hydrogens (tertiary/aromatic N) is 2. The average molecular weight is 445 g/mol. The Morgan fingerprint density at radius 2 is 1.68 bits per heavy atom. The van der Waals surface area contributed by atoms with Crippen LogP contribution in [0.25, 0.3) is 0 Å². The van der Waals surface area contributed by atoms with Gasteiger partial charge < -0.3 is 9.74 Å². The lowest BCUT2D eigenvalue weighted by Crippen LogP contribution is -2.29. The Labute approximate surface area is 181 Å². The first kappa shape index (κ1) is 20.9. The second-order valence-electron chi connectivity index (χ2n) is 6.95. The highest BCUT2D eigenvalue weighted by molar-refractivity contribution is 6.54. The van der Waals surface area contributed by atoms with E-state index in [1.54, 1.807) is 54.6 Å². The summed E-state index contributed by atoms with van der Waals surface area (Å²) >= 11 is 5.86. The molecule has 4 nitrogen and oxygen atoms in total. The lowest BCUT2D eigenvalue weighted by Gasteiger charge is -2.17. The number of rotatable bonds is 5. The molecule has 8 heteroatoms. The van der Waals surface area contributed by atoms with Crippen LogP contribution in [0, 0.1) is 0 Å². The van der Waals surface area contributed by atoms with Crippen molar-refractivity contribution >= 4 is 28.9 Å². The molecule has 0 bridgehead atoms. The highest BCUT2D eigenvalue weighted by Gasteiger charge is 2.35. The van der Waals surface area contributed by atoms with E-state index in [-0.39, 0.29) is 18.9 Å². The molecule has 0 radical (unpaired) electrons. The standard InChI is InChI=1S/C23H16ClF3N2O2/c24-18-10-8-15(9-11-18)14-31-28-21-19-6-1-2-7-20(19)29(22(21)30)13-16-4-3-5-17(12-16)23(25,26)27/h1-12H,13-14H2/b28-21+. The number of anilines is 1. The van der Waals surface area contributed by atoms with Crippen molar-refractivity contribution in [2.24, 2.45) is 5.16 Å². The van der Waals surface area contributed by atoms with Gasteiger partial charge in [0.2, 0.25) is 0 Å². The number of amides is 1. The minimum absolute atomic E-state index is 0.0179. The number of halogens is 4. The topological polar surface area (TPSA) is 41.9 Å². The molecule has 4 rings (SSSR count). The number of benzene rings is 3. The second-order valence-corrected chi connectivity index (χ2v) is 7.38. The van der Waals surface area contributed by atoms with Crippen LogP contribution in [0.15, 0.2) is 78.0 Å². The zero-order valence-electron chi connectivity index (χ0n) is 16.1. The first-order chi connectivity index (χ1) is 14.8. The van der Waals surface area contributed by atoms with Gasteiger partial charge in [0, 0.05) is 10.6 Å². The van der Waals surface area contributed by atoms with Crippen LogP contribution in [-0.2, 0) is 29.0 Å². The first-order valence-electron chi connectivity index (χ1n) is 9.35. The molecule has 1 aliphatic rings. The zero-order valence-corrected chi connectivity index (χ0v) is 16.8. The molecular formula is C23H16ClF3N2O2. The van der Waals surface area contributed by atoms with Crippen LogP contribution in [-0.4, -0.2) is 11.6 Å². The van der Waals surface area contributed by atoms with Gasteiger partial charge in [0.25, 0.3) is 5.91 Å². The molecule has 0 atom stereocenters. The molecule has 1 heterocycles. The molecule has 0 fully saturated rings. The highest BCUT2D eigenvalue weighted by atomic mass is 35.5. The van der Waals surface area contributed by atoms with Gasteiger partial charge in [-0.1, -0.05) is 59.2 Å². The molecule has 1 amide bonds. The van der Waals surface area contributed by atoms with E-state index in [0.29, 0.717) is 21.8 Å². The van der Waals surface area contributed by atoms with Gasteiger partial charge in [-0.05, 0) is 41.5 Å². The van der Waals surface area contributed by atoms with Crippen molar-refractivity contribution in [1.29, 1.82) is 0 Å². The van der Waals surface area contributed by atoms with Gasteiger partial charge >= 0.3 is 6.18 Å². The maximum atomic E-state index is 13.0. The summed E-state index contributed by atoms with van der Waals surface area (Å²) in [5.74, 6) is -0.435. The van der Waals surface area contributed by atoms with Crippen LogP contribution in [0.5, 0.6) is 0 Å². The van der Waals surface area contributed by atoms with Crippen molar-refractivity contribution in [3.05, 3.63) is 100 Å². The Kier molecular flexibility index (Phi) is 5.69. The molecule has 0 unspecified atom stereocenters. The van der Waals surface area contributed by atoms with Crippen molar-refractivity contribution in [1.82, 2.24) is 0 Å². The molecule has 31 heavy (non-hydrogen) atoms. The third-order valence-corrected chi connectivity index (χ3v) is 5.04. The van der Waals surface area contributed by atoms with Crippen molar-refractivity contribution < 1.29 is 22.8 Å². The van der Waals surface area contributed by atoms with Gasteiger partial charge in [-0.2, -0.15) is 13.2 Å². The molecule has 158 valence electrons. The van der Waals surface area contributed by atoms with E-state index in [0.717, 1.165) is 17.7 Å². The van der Waals surface area contributed by atoms with E-state index >= 15 is 0 Å². The Hall–Kier alpha value is -3.32. The van der Waals surface area contributed by atoms with E-state index < -0.39 is 17.6 Å². The Bertz CT molecular complexity index is 1140. The molecule has 1 aliphatic heterocycles. The lowest BCUT2D eigenvalue weighted by molar-refractivity contribution is -0.137. The van der Waals surface area contributed by atoms with E-state index in [1.165, 1.54) is 11.0 Å². The molecule has 0 spiro atoms. The Morgan fingerprint density at radius 3 is 2.42 bits per heavy atom. The molecule has 0 N–H and O–H groups in total. The minimum atomic E-state index is -4.45. The first-order valence-corrected chi connectivity index (χ1v) is 9.72. The van der Waals surface area contributed by atoms with Gasteiger partial charge in [-0.3, -0.25) is 4.79 Å². The van der Waals surface area contributed by atoms with E-state index in [9.17, 15) is 18.0 Å². The average Bonchev–Trinajstić information content (AvgIpc) is 3.01. The van der Waals surface area contributed by atoms with E-state index in [1.807, 2.05) is 0 Å². The second kappa shape index (κ2) is 8.43. The van der Waals surface area contributed by atoms with Crippen molar-refractivity contribution in [3.8, 4) is 0 Å². The van der Waals surface area contributed by atoms with Crippen LogP contribution in [0.3, 0.4) is 0 Å². The van der Waals surface area contributed by atoms with Crippen molar-refractivity contribution in [3.63, 3.8) is 0 Å². The summed E-state index contributed by atoms with van der Waals surface area (Å²) in [6.45, 7) is 0.125. The summed E-state index contributed by atoms with van der Waals surface area (Å²) < 4.78 is 39.1. The zero-order chi connectivity index (χ0) is 22.0. The maximum Gasteiger partial charge on any atom is 0.416 e. The number of carbonyl (C=O) groups excluding carboxylic acids is 1. The van der Waals surface area contributed by atoms with E-state index in [2.05, 4.69) is 5.16 Å². The van der Waals surface area contributed by atoms with Crippen LogP contribution in [0.2, 0.25) is 5.02 Å². The van der Waals surface area contributed by atoms with Crippen molar-refractivity contribution in [2.75, 3.05) is 4.90 Å². The number of fused-ring (bicyclic) bond motifs is 1. The maximum absolute atomic E-state index is 13.0. The fourth-order valence-corrected chi connectivity index (χ4v) is 3.41. The van der Waals surface area contributed by atoms with Gasteiger partial charge in [0.15, 0.2) is 5.71 Å². The van der Waals surface area contributed by atoms with Crippen molar-refractivity contribution in [2.45, 2.75) is 19.3 Å². The van der Waals surface area contributed by atoms with Crippen LogP contribution < -0.4 is 4.90 Å². The monoisotopic (exact) mass is 444 g/mol. The summed E-state index contributed by atoms with van der Waals surface area (Å²) in [5, 5.41) is 4.62. The van der Waals surface area contributed by atoms with Crippen LogP contribution in [0.4, 0.5) is 18.9 Å². The SMILES string of the molecule is O=C1/C(=N/OCc2ccc(Cl)cc2)c2ccccc2N1Cc1cccc(C(F)(F)F)c1. The predicted molar refractivity (Wildman–Crippen MR) is 112 cm³/mol. The third-order valence-electron chi connectivity index (χ3n) is 4.79. The minimum Gasteiger partial charge on any atom is -0.390 e. The van der Waals surface area contributed by atoms with Gasteiger partial charge in [0.05, 0.1) is 17.8 Å². The van der Waals surface area contributed by atoms with Crippen LogP contribution >= 0.6 is 11.6 Å². The summed E-state index contributed by atoms with van der Waals surface area (Å²) in [5.41, 5.74) is 1.67. The summed E-state index contributed by atoms with van der Waals surface area (Å²) in [6, 6.07) is 18.9.